The van der Waals surface area contributed by atoms with Crippen LogP contribution in [0, 0.1) is 0 Å². The summed E-state index contributed by atoms with van der Waals surface area (Å²) in [5.41, 5.74) is 2.00. The monoisotopic (exact) mass is 353 g/mol. The first-order chi connectivity index (χ1) is 12.1. The summed E-state index contributed by atoms with van der Waals surface area (Å²) < 4.78 is 2.14. The molecule has 0 unspecified atom stereocenters. The van der Waals surface area contributed by atoms with Crippen LogP contribution in [0.15, 0.2) is 48.7 Å². The van der Waals surface area contributed by atoms with Crippen molar-refractivity contribution in [1.29, 1.82) is 0 Å². The molecule has 0 spiro atoms. The average molecular weight is 353 g/mol. The van der Waals surface area contributed by atoms with E-state index < -0.39 is 11.8 Å². The number of nitrogens with one attached hydrogen (secondary N) is 1. The van der Waals surface area contributed by atoms with Crippen molar-refractivity contribution < 1.29 is 9.59 Å². The number of hydrogen-bond donors (Lipinski definition) is 1. The Bertz CT molecular complexity index is 911. The number of benzene rings is 1. The van der Waals surface area contributed by atoms with Crippen LogP contribution < -0.4 is 5.32 Å². The van der Waals surface area contributed by atoms with Gasteiger partial charge in [0, 0.05) is 35.8 Å². The standard InChI is InChI=1S/C19H19N3O2S/c1-3-9-21-12-13(14-7-5-6-8-16(14)21)11-15-17(23)20-19(25)22(10-4-2)18(15)24/h4-8,11-12H,2-3,9-10H2,1H3,(H,20,23,25). The van der Waals surface area contributed by atoms with Crippen LogP contribution in [0.1, 0.15) is 18.9 Å². The molecule has 2 heterocycles. The number of rotatable bonds is 5. The predicted octanol–water partition coefficient (Wildman–Crippen LogP) is 2.86. The van der Waals surface area contributed by atoms with E-state index in [0.717, 1.165) is 29.4 Å². The Morgan fingerprint density at radius 1 is 1.28 bits per heavy atom. The highest BCUT2D eigenvalue weighted by atomic mass is 32.1. The Labute approximate surface area is 151 Å². The van der Waals surface area contributed by atoms with E-state index in [9.17, 15) is 9.59 Å². The van der Waals surface area contributed by atoms with Crippen molar-refractivity contribution in [3.8, 4) is 0 Å². The van der Waals surface area contributed by atoms with E-state index in [1.165, 1.54) is 4.90 Å². The second-order valence-electron chi connectivity index (χ2n) is 5.82. The zero-order chi connectivity index (χ0) is 18.0. The molecule has 25 heavy (non-hydrogen) atoms. The predicted molar refractivity (Wildman–Crippen MR) is 103 cm³/mol. The van der Waals surface area contributed by atoms with Crippen LogP contribution in [0.3, 0.4) is 0 Å². The van der Waals surface area contributed by atoms with Gasteiger partial charge in [-0.2, -0.15) is 0 Å². The molecule has 0 bridgehead atoms. The summed E-state index contributed by atoms with van der Waals surface area (Å²) in [7, 11) is 0. The summed E-state index contributed by atoms with van der Waals surface area (Å²) in [5.74, 6) is -0.872. The van der Waals surface area contributed by atoms with Gasteiger partial charge >= 0.3 is 0 Å². The first-order valence-electron chi connectivity index (χ1n) is 8.14. The number of para-hydroxylation sites is 1. The second-order valence-corrected chi connectivity index (χ2v) is 6.20. The Kier molecular flexibility index (Phi) is 4.81. The Morgan fingerprint density at radius 2 is 2.04 bits per heavy atom. The van der Waals surface area contributed by atoms with Crippen molar-refractivity contribution in [3.05, 3.63) is 54.3 Å². The SMILES string of the molecule is C=CCN1C(=O)C(=Cc2cn(CCC)c3ccccc23)C(=O)NC1=S. The van der Waals surface area contributed by atoms with Crippen molar-refractivity contribution in [3.63, 3.8) is 0 Å². The summed E-state index contributed by atoms with van der Waals surface area (Å²) in [6.45, 7) is 6.87. The van der Waals surface area contributed by atoms with Gasteiger partial charge in [-0.1, -0.05) is 31.2 Å². The lowest BCUT2D eigenvalue weighted by molar-refractivity contribution is -0.128. The van der Waals surface area contributed by atoms with E-state index in [0.29, 0.717) is 0 Å². The fraction of sp³-hybridized carbons (Fsp3) is 0.211. The van der Waals surface area contributed by atoms with E-state index in [1.54, 1.807) is 12.2 Å². The first kappa shape index (κ1) is 17.1. The molecule has 0 atom stereocenters. The van der Waals surface area contributed by atoms with Crippen LogP contribution in [0.2, 0.25) is 0 Å². The maximum atomic E-state index is 12.7. The molecule has 3 rings (SSSR count). The van der Waals surface area contributed by atoms with E-state index in [2.05, 4.69) is 23.4 Å². The number of carbonyl (C=O) groups excluding carboxylic acids is 2. The van der Waals surface area contributed by atoms with Gasteiger partial charge in [0.1, 0.15) is 5.57 Å². The van der Waals surface area contributed by atoms with Gasteiger partial charge in [-0.25, -0.2) is 0 Å². The molecule has 1 saturated heterocycles. The smallest absolute Gasteiger partial charge is 0.265 e. The van der Waals surface area contributed by atoms with Crippen molar-refractivity contribution in [2.24, 2.45) is 0 Å². The lowest BCUT2D eigenvalue weighted by Gasteiger charge is -2.27. The van der Waals surface area contributed by atoms with Crippen molar-refractivity contribution in [1.82, 2.24) is 14.8 Å². The fourth-order valence-corrected chi connectivity index (χ4v) is 3.21. The number of carbonyl (C=O) groups is 2. The minimum atomic E-state index is -0.470. The molecular formula is C19H19N3O2S. The topological polar surface area (TPSA) is 54.3 Å². The fourth-order valence-electron chi connectivity index (χ4n) is 2.96. The first-order valence-corrected chi connectivity index (χ1v) is 8.55. The number of hydrogen-bond acceptors (Lipinski definition) is 3. The van der Waals surface area contributed by atoms with Gasteiger partial charge in [-0.15, -0.1) is 6.58 Å². The van der Waals surface area contributed by atoms with Crippen LogP contribution in [-0.2, 0) is 16.1 Å². The molecule has 1 aliphatic heterocycles. The second kappa shape index (κ2) is 7.03. The maximum Gasteiger partial charge on any atom is 0.265 e. The molecular weight excluding hydrogens is 334 g/mol. The van der Waals surface area contributed by atoms with Gasteiger partial charge in [0.25, 0.3) is 11.8 Å². The van der Waals surface area contributed by atoms with Gasteiger partial charge in [0.15, 0.2) is 5.11 Å². The Morgan fingerprint density at radius 3 is 2.76 bits per heavy atom. The molecule has 0 aliphatic carbocycles. The van der Waals surface area contributed by atoms with Crippen molar-refractivity contribution >= 4 is 46.1 Å². The third kappa shape index (κ3) is 3.13. The zero-order valence-corrected chi connectivity index (χ0v) is 14.8. The van der Waals surface area contributed by atoms with Gasteiger partial charge in [0.05, 0.1) is 0 Å². The molecule has 6 heteroatoms. The van der Waals surface area contributed by atoms with Crippen LogP contribution in [0.5, 0.6) is 0 Å². The molecule has 0 radical (unpaired) electrons. The summed E-state index contributed by atoms with van der Waals surface area (Å²) in [6.07, 6.45) is 6.19. The van der Waals surface area contributed by atoms with Crippen LogP contribution in [0.25, 0.3) is 17.0 Å². The minimum absolute atomic E-state index is 0.0786. The maximum absolute atomic E-state index is 12.7. The van der Waals surface area contributed by atoms with Crippen molar-refractivity contribution in [2.75, 3.05) is 6.54 Å². The quantitative estimate of drug-likeness (QED) is 0.389. The van der Waals surface area contributed by atoms with E-state index in [4.69, 9.17) is 12.2 Å². The third-order valence-electron chi connectivity index (χ3n) is 4.08. The molecule has 1 aromatic heterocycles. The largest absolute Gasteiger partial charge is 0.347 e. The lowest BCUT2D eigenvalue weighted by Crippen LogP contribution is -2.53. The molecule has 1 fully saturated rings. The van der Waals surface area contributed by atoms with E-state index in [1.807, 2.05) is 30.5 Å². The molecule has 0 saturated carbocycles. The van der Waals surface area contributed by atoms with Crippen LogP contribution >= 0.6 is 12.2 Å². The number of amides is 2. The Hall–Kier alpha value is -2.73. The van der Waals surface area contributed by atoms with Crippen molar-refractivity contribution in [2.45, 2.75) is 19.9 Å². The lowest BCUT2D eigenvalue weighted by atomic mass is 10.1. The number of thiocarbonyl (C=S) groups is 1. The number of aromatic nitrogens is 1. The van der Waals surface area contributed by atoms with Gasteiger partial charge < -0.3 is 4.57 Å². The summed E-state index contributed by atoms with van der Waals surface area (Å²) in [5, 5.41) is 3.69. The molecule has 2 amide bonds. The normalized spacial score (nSPS) is 16.6. The minimum Gasteiger partial charge on any atom is -0.347 e. The molecule has 128 valence electrons. The number of fused-ring (bicyclic) bond motifs is 1. The summed E-state index contributed by atoms with van der Waals surface area (Å²) in [4.78, 5) is 26.3. The number of nitrogens with zero attached hydrogens (tertiary/aromatic N) is 2. The highest BCUT2D eigenvalue weighted by molar-refractivity contribution is 7.80. The highest BCUT2D eigenvalue weighted by Gasteiger charge is 2.32. The molecule has 2 aromatic rings. The average Bonchev–Trinajstić information content (AvgIpc) is 2.94. The van der Waals surface area contributed by atoms with Crippen LogP contribution in [0.4, 0.5) is 0 Å². The third-order valence-corrected chi connectivity index (χ3v) is 4.40. The zero-order valence-electron chi connectivity index (χ0n) is 14.0. The molecule has 1 aliphatic rings. The van der Waals surface area contributed by atoms with E-state index in [-0.39, 0.29) is 17.2 Å². The molecule has 5 nitrogen and oxygen atoms in total. The van der Waals surface area contributed by atoms with Gasteiger partial charge in [0.2, 0.25) is 0 Å². The molecule has 1 aromatic carbocycles. The van der Waals surface area contributed by atoms with Gasteiger partial charge in [-0.3, -0.25) is 19.8 Å². The summed E-state index contributed by atoms with van der Waals surface area (Å²) >= 11 is 5.07. The van der Waals surface area contributed by atoms with E-state index >= 15 is 0 Å². The number of aryl methyl sites for hydroxylation is 1. The Balaban J connectivity index is 2.09. The van der Waals surface area contributed by atoms with Gasteiger partial charge in [-0.05, 0) is 30.8 Å². The highest BCUT2D eigenvalue weighted by Crippen LogP contribution is 2.25. The van der Waals surface area contributed by atoms with Crippen LogP contribution in [-0.4, -0.2) is 32.9 Å². The summed E-state index contributed by atoms with van der Waals surface area (Å²) in [6, 6.07) is 7.96. The molecule has 1 N–H and O–H groups in total.